The molecule has 0 spiro atoms. The Hall–Kier alpha value is -2.82. The molecule has 0 saturated heterocycles. The molecule has 22 heavy (non-hydrogen) atoms. The molecular weight excluding hydrogens is 282 g/mol. The third-order valence-electron chi connectivity index (χ3n) is 3.02. The lowest BCUT2D eigenvalue weighted by atomic mass is 10.1. The molecule has 0 N–H and O–H groups in total. The van der Waals surface area contributed by atoms with Crippen molar-refractivity contribution in [1.29, 1.82) is 0 Å². The molecule has 0 bridgehead atoms. The number of methoxy groups -OCH3 is 3. The van der Waals surface area contributed by atoms with Crippen LogP contribution in [0.5, 0.6) is 17.5 Å². The highest BCUT2D eigenvalue weighted by Gasteiger charge is 2.08. The van der Waals surface area contributed by atoms with Crippen molar-refractivity contribution in [1.82, 2.24) is 4.98 Å². The number of carbonyl (C=O) groups is 1. The van der Waals surface area contributed by atoms with Crippen molar-refractivity contribution >= 4 is 11.9 Å². The predicted molar refractivity (Wildman–Crippen MR) is 83.7 cm³/mol. The van der Waals surface area contributed by atoms with E-state index in [1.807, 2.05) is 24.3 Å². The summed E-state index contributed by atoms with van der Waals surface area (Å²) in [4.78, 5) is 16.3. The largest absolute Gasteiger partial charge is 0.497 e. The van der Waals surface area contributed by atoms with Crippen LogP contribution in [0, 0.1) is 0 Å². The van der Waals surface area contributed by atoms with Crippen LogP contribution in [0.25, 0.3) is 6.08 Å². The molecule has 0 unspecified atom stereocenters. The van der Waals surface area contributed by atoms with Gasteiger partial charge in [-0.3, -0.25) is 4.79 Å². The van der Waals surface area contributed by atoms with E-state index in [1.54, 1.807) is 25.3 Å². The zero-order valence-corrected chi connectivity index (χ0v) is 12.7. The number of hydrogen-bond acceptors (Lipinski definition) is 5. The summed E-state index contributed by atoms with van der Waals surface area (Å²) < 4.78 is 15.2. The molecule has 0 atom stereocenters. The predicted octanol–water partition coefficient (Wildman–Crippen LogP) is 3.00. The second-order valence-electron chi connectivity index (χ2n) is 4.41. The molecule has 0 radical (unpaired) electrons. The van der Waals surface area contributed by atoms with Crippen molar-refractivity contribution in [2.45, 2.75) is 0 Å². The van der Waals surface area contributed by atoms with Gasteiger partial charge in [0.2, 0.25) is 11.8 Å². The molecule has 0 amide bonds. The summed E-state index contributed by atoms with van der Waals surface area (Å²) >= 11 is 0. The zero-order chi connectivity index (χ0) is 15.9. The number of aromatic nitrogens is 1. The topological polar surface area (TPSA) is 57.7 Å². The highest BCUT2D eigenvalue weighted by molar-refractivity contribution is 6.07. The summed E-state index contributed by atoms with van der Waals surface area (Å²) in [5.41, 5.74) is 1.36. The van der Waals surface area contributed by atoms with Gasteiger partial charge in [-0.05, 0) is 23.8 Å². The first-order valence-corrected chi connectivity index (χ1v) is 6.63. The van der Waals surface area contributed by atoms with Crippen LogP contribution in [0.3, 0.4) is 0 Å². The van der Waals surface area contributed by atoms with E-state index < -0.39 is 0 Å². The van der Waals surface area contributed by atoms with Crippen molar-refractivity contribution in [2.75, 3.05) is 21.3 Å². The number of ketones is 1. The minimum Gasteiger partial charge on any atom is -0.497 e. The van der Waals surface area contributed by atoms with Gasteiger partial charge in [-0.15, -0.1) is 0 Å². The van der Waals surface area contributed by atoms with E-state index in [1.165, 1.54) is 20.3 Å². The van der Waals surface area contributed by atoms with Gasteiger partial charge in [0, 0.05) is 17.7 Å². The molecule has 0 aliphatic rings. The Labute approximate surface area is 129 Å². The van der Waals surface area contributed by atoms with Crippen molar-refractivity contribution in [3.8, 4) is 17.5 Å². The fraction of sp³-hybridized carbons (Fsp3) is 0.176. The second-order valence-corrected chi connectivity index (χ2v) is 4.41. The van der Waals surface area contributed by atoms with Crippen LogP contribution in [0.2, 0.25) is 0 Å². The van der Waals surface area contributed by atoms with Crippen LogP contribution in [0.4, 0.5) is 0 Å². The number of pyridine rings is 1. The molecule has 5 heteroatoms. The monoisotopic (exact) mass is 299 g/mol. The van der Waals surface area contributed by atoms with Crippen LogP contribution in [-0.4, -0.2) is 32.1 Å². The first-order valence-electron chi connectivity index (χ1n) is 6.63. The Balaban J connectivity index is 2.18. The van der Waals surface area contributed by atoms with Crippen molar-refractivity contribution in [3.05, 3.63) is 53.6 Å². The minimum atomic E-state index is -0.158. The lowest BCUT2D eigenvalue weighted by Crippen LogP contribution is -1.99. The smallest absolute Gasteiger partial charge is 0.216 e. The summed E-state index contributed by atoms with van der Waals surface area (Å²) in [7, 11) is 4.59. The zero-order valence-electron chi connectivity index (χ0n) is 12.7. The standard InChI is InChI=1S/C17H17NO4/c1-20-14-7-4-12(5-8-14)6-9-15(19)13-10-16(21-2)18-17(11-13)22-3/h4-11H,1-3H3/b9-6+. The summed E-state index contributed by atoms with van der Waals surface area (Å²) in [6.45, 7) is 0. The van der Waals surface area contributed by atoms with E-state index in [9.17, 15) is 4.79 Å². The number of benzene rings is 1. The Morgan fingerprint density at radius 1 is 0.955 bits per heavy atom. The number of rotatable bonds is 6. The molecule has 2 rings (SSSR count). The third kappa shape index (κ3) is 3.85. The maximum Gasteiger partial charge on any atom is 0.216 e. The average Bonchev–Trinajstić information content (AvgIpc) is 2.59. The molecular formula is C17H17NO4. The van der Waals surface area contributed by atoms with Crippen LogP contribution in [0.1, 0.15) is 15.9 Å². The van der Waals surface area contributed by atoms with Crippen molar-refractivity contribution in [2.24, 2.45) is 0 Å². The molecule has 114 valence electrons. The first-order chi connectivity index (χ1) is 10.7. The van der Waals surface area contributed by atoms with Crippen LogP contribution >= 0.6 is 0 Å². The van der Waals surface area contributed by atoms with Crippen LogP contribution < -0.4 is 14.2 Å². The first kappa shape index (κ1) is 15.6. The Bertz CT molecular complexity index is 655. The van der Waals surface area contributed by atoms with Gasteiger partial charge in [-0.1, -0.05) is 18.2 Å². The highest BCUT2D eigenvalue weighted by atomic mass is 16.5. The fourth-order valence-electron chi connectivity index (χ4n) is 1.82. The Morgan fingerprint density at radius 3 is 2.05 bits per heavy atom. The summed E-state index contributed by atoms with van der Waals surface area (Å²) in [5, 5.41) is 0. The van der Waals surface area contributed by atoms with Gasteiger partial charge in [0.1, 0.15) is 5.75 Å². The van der Waals surface area contributed by atoms with Gasteiger partial charge in [-0.25, -0.2) is 0 Å². The normalized spacial score (nSPS) is 10.5. The van der Waals surface area contributed by atoms with E-state index in [2.05, 4.69) is 4.98 Å². The maximum absolute atomic E-state index is 12.2. The van der Waals surface area contributed by atoms with Gasteiger partial charge in [0.15, 0.2) is 5.78 Å². The molecule has 0 fully saturated rings. The second kappa shape index (κ2) is 7.26. The van der Waals surface area contributed by atoms with Gasteiger partial charge in [-0.2, -0.15) is 4.98 Å². The quantitative estimate of drug-likeness (QED) is 0.606. The highest BCUT2D eigenvalue weighted by Crippen LogP contribution is 2.19. The van der Waals surface area contributed by atoms with Gasteiger partial charge < -0.3 is 14.2 Å². The van der Waals surface area contributed by atoms with E-state index in [4.69, 9.17) is 14.2 Å². The summed E-state index contributed by atoms with van der Waals surface area (Å²) in [6.07, 6.45) is 3.23. The van der Waals surface area contributed by atoms with Crippen molar-refractivity contribution < 1.29 is 19.0 Å². The molecule has 0 aliphatic heterocycles. The Morgan fingerprint density at radius 2 is 1.55 bits per heavy atom. The fourth-order valence-corrected chi connectivity index (χ4v) is 1.82. The minimum absolute atomic E-state index is 0.158. The third-order valence-corrected chi connectivity index (χ3v) is 3.02. The Kier molecular flexibility index (Phi) is 5.14. The lowest BCUT2D eigenvalue weighted by molar-refractivity contribution is 0.104. The summed E-state index contributed by atoms with van der Waals surface area (Å²) in [6, 6.07) is 10.6. The number of carbonyl (C=O) groups excluding carboxylic acids is 1. The molecule has 2 aromatic rings. The number of nitrogens with zero attached hydrogens (tertiary/aromatic N) is 1. The van der Waals surface area contributed by atoms with Crippen LogP contribution in [0.15, 0.2) is 42.5 Å². The van der Waals surface area contributed by atoms with Gasteiger partial charge in [0.25, 0.3) is 0 Å². The molecule has 1 heterocycles. The van der Waals surface area contributed by atoms with E-state index in [0.29, 0.717) is 17.3 Å². The number of ether oxygens (including phenoxy) is 3. The van der Waals surface area contributed by atoms with E-state index in [-0.39, 0.29) is 5.78 Å². The average molecular weight is 299 g/mol. The molecule has 5 nitrogen and oxygen atoms in total. The van der Waals surface area contributed by atoms with Gasteiger partial charge >= 0.3 is 0 Å². The van der Waals surface area contributed by atoms with E-state index in [0.717, 1.165) is 11.3 Å². The molecule has 1 aromatic carbocycles. The van der Waals surface area contributed by atoms with Crippen molar-refractivity contribution in [3.63, 3.8) is 0 Å². The molecule has 0 saturated carbocycles. The van der Waals surface area contributed by atoms with Crippen LogP contribution in [-0.2, 0) is 0 Å². The maximum atomic E-state index is 12.2. The number of allylic oxidation sites excluding steroid dienone is 1. The number of hydrogen-bond donors (Lipinski definition) is 0. The van der Waals surface area contributed by atoms with Gasteiger partial charge in [0.05, 0.1) is 21.3 Å². The summed E-state index contributed by atoms with van der Waals surface area (Å²) in [5.74, 6) is 1.28. The lowest BCUT2D eigenvalue weighted by Gasteiger charge is -2.05. The van der Waals surface area contributed by atoms with E-state index >= 15 is 0 Å². The molecule has 0 aliphatic carbocycles. The SMILES string of the molecule is COc1ccc(/C=C/C(=O)c2cc(OC)nc(OC)c2)cc1. The molecule has 1 aromatic heterocycles.